The first-order chi connectivity index (χ1) is 24.6. The average molecular weight is 707 g/mol. The lowest BCUT2D eigenvalue weighted by Gasteiger charge is -2.18. The fourth-order valence-corrected chi connectivity index (χ4v) is 6.45. The molecule has 0 aliphatic rings. The Morgan fingerprint density at radius 3 is 1.22 bits per heavy atom. The van der Waals surface area contributed by atoms with Crippen molar-refractivity contribution in [1.82, 2.24) is 0 Å². The fourth-order valence-electron chi connectivity index (χ4n) is 6.45. The molecule has 0 heterocycles. The molecule has 0 amide bonds. The molecule has 0 radical (unpaired) electrons. The van der Waals surface area contributed by atoms with Crippen LogP contribution >= 0.6 is 0 Å². The summed E-state index contributed by atoms with van der Waals surface area (Å²) in [4.78, 5) is 25.0. The molecule has 0 rings (SSSR count). The number of hydrogen-bond donors (Lipinski definition) is 0. The van der Waals surface area contributed by atoms with Gasteiger partial charge in [-0.15, -0.1) is 0 Å². The molecule has 0 aromatic rings. The molecular formula is C45H86O5. The van der Waals surface area contributed by atoms with Crippen LogP contribution in [0.5, 0.6) is 0 Å². The van der Waals surface area contributed by atoms with Crippen molar-refractivity contribution in [3.8, 4) is 0 Å². The van der Waals surface area contributed by atoms with E-state index in [9.17, 15) is 9.59 Å². The van der Waals surface area contributed by atoms with Crippen molar-refractivity contribution < 1.29 is 23.8 Å². The van der Waals surface area contributed by atoms with Gasteiger partial charge >= 0.3 is 11.9 Å². The predicted molar refractivity (Wildman–Crippen MR) is 215 cm³/mol. The molecule has 296 valence electrons. The highest BCUT2D eigenvalue weighted by Gasteiger charge is 2.17. The molecule has 0 N–H and O–H groups in total. The van der Waals surface area contributed by atoms with Gasteiger partial charge in [-0.3, -0.25) is 9.59 Å². The van der Waals surface area contributed by atoms with Gasteiger partial charge in [-0.25, -0.2) is 0 Å². The standard InChI is InChI=1S/C45H86O5/c1-4-7-10-13-16-18-19-20-21-22-23-24-25-26-28-31-34-37-40-48-41-43(50-45(47)39-36-33-29-15-12-9-6-3)42-49-44(46)38-35-32-30-27-17-14-11-8-5-2/h20-21,43H,4-19,22-42H2,1-3H3/b21-20-. The van der Waals surface area contributed by atoms with Crippen molar-refractivity contribution in [2.24, 2.45) is 0 Å². The van der Waals surface area contributed by atoms with E-state index in [0.29, 0.717) is 26.1 Å². The summed E-state index contributed by atoms with van der Waals surface area (Å²) in [5, 5.41) is 0. The first-order valence-corrected chi connectivity index (χ1v) is 22.2. The predicted octanol–water partition coefficient (Wildman–Crippen LogP) is 14.3. The van der Waals surface area contributed by atoms with Crippen LogP contribution in [-0.2, 0) is 23.8 Å². The zero-order valence-corrected chi connectivity index (χ0v) is 33.9. The minimum Gasteiger partial charge on any atom is -0.462 e. The third-order valence-corrected chi connectivity index (χ3v) is 9.80. The SMILES string of the molecule is CCCCCCCC/C=C\CCCCCCCCCCOCC(COC(=O)CCCCCCCCCCC)OC(=O)CCCCCCCCC. The molecule has 1 atom stereocenters. The van der Waals surface area contributed by atoms with Crippen LogP contribution in [-0.4, -0.2) is 37.9 Å². The van der Waals surface area contributed by atoms with Crippen LogP contribution in [0.1, 0.15) is 239 Å². The van der Waals surface area contributed by atoms with Gasteiger partial charge in [0.05, 0.1) is 6.61 Å². The second kappa shape index (κ2) is 42.1. The third-order valence-electron chi connectivity index (χ3n) is 9.80. The first-order valence-electron chi connectivity index (χ1n) is 22.2. The van der Waals surface area contributed by atoms with E-state index in [2.05, 4.69) is 32.9 Å². The normalized spacial score (nSPS) is 12.1. The highest BCUT2D eigenvalue weighted by molar-refractivity contribution is 5.70. The number of hydrogen-bond acceptors (Lipinski definition) is 5. The van der Waals surface area contributed by atoms with Crippen molar-refractivity contribution in [1.29, 1.82) is 0 Å². The van der Waals surface area contributed by atoms with Gasteiger partial charge in [0.25, 0.3) is 0 Å². The van der Waals surface area contributed by atoms with Crippen molar-refractivity contribution in [2.75, 3.05) is 19.8 Å². The molecule has 5 heteroatoms. The minimum absolute atomic E-state index is 0.0912. The maximum absolute atomic E-state index is 12.6. The van der Waals surface area contributed by atoms with E-state index >= 15 is 0 Å². The quantitative estimate of drug-likeness (QED) is 0.0360. The van der Waals surface area contributed by atoms with Crippen LogP contribution in [0.2, 0.25) is 0 Å². The lowest BCUT2D eigenvalue weighted by atomic mass is 10.1. The lowest BCUT2D eigenvalue weighted by molar-refractivity contribution is -0.163. The van der Waals surface area contributed by atoms with Crippen LogP contribution in [0.15, 0.2) is 12.2 Å². The molecule has 0 spiro atoms. The summed E-state index contributed by atoms with van der Waals surface area (Å²) < 4.78 is 17.2. The van der Waals surface area contributed by atoms with E-state index in [1.165, 1.54) is 167 Å². The van der Waals surface area contributed by atoms with Crippen LogP contribution in [0.3, 0.4) is 0 Å². The largest absolute Gasteiger partial charge is 0.462 e. The number of carbonyl (C=O) groups is 2. The Hall–Kier alpha value is -1.36. The number of ether oxygens (including phenoxy) is 3. The summed E-state index contributed by atoms with van der Waals surface area (Å²) in [5.41, 5.74) is 0. The molecule has 0 fully saturated rings. The number of carbonyl (C=O) groups excluding carboxylic acids is 2. The fraction of sp³-hybridized carbons (Fsp3) is 0.911. The van der Waals surface area contributed by atoms with Crippen molar-refractivity contribution in [3.63, 3.8) is 0 Å². The molecule has 0 bridgehead atoms. The van der Waals surface area contributed by atoms with Gasteiger partial charge in [-0.2, -0.15) is 0 Å². The Morgan fingerprint density at radius 2 is 0.780 bits per heavy atom. The number of allylic oxidation sites excluding steroid dienone is 2. The Kier molecular flexibility index (Phi) is 40.9. The monoisotopic (exact) mass is 707 g/mol. The zero-order valence-electron chi connectivity index (χ0n) is 33.9. The van der Waals surface area contributed by atoms with E-state index in [1.807, 2.05) is 0 Å². The van der Waals surface area contributed by atoms with Gasteiger partial charge in [0.15, 0.2) is 6.10 Å². The third kappa shape index (κ3) is 39.4. The van der Waals surface area contributed by atoms with Crippen molar-refractivity contribution in [3.05, 3.63) is 12.2 Å². The molecule has 0 saturated carbocycles. The Bertz CT molecular complexity index is 720. The number of esters is 2. The van der Waals surface area contributed by atoms with Crippen molar-refractivity contribution >= 4 is 11.9 Å². The average Bonchev–Trinajstić information content (AvgIpc) is 3.11. The molecule has 50 heavy (non-hydrogen) atoms. The molecule has 5 nitrogen and oxygen atoms in total. The summed E-state index contributed by atoms with van der Waals surface area (Å²) in [5.74, 6) is -0.396. The topological polar surface area (TPSA) is 61.8 Å². The molecule has 1 unspecified atom stereocenters. The van der Waals surface area contributed by atoms with Gasteiger partial charge in [-0.1, -0.05) is 193 Å². The highest BCUT2D eigenvalue weighted by atomic mass is 16.6. The molecular weight excluding hydrogens is 620 g/mol. The molecule has 0 aromatic carbocycles. The Labute approximate surface area is 312 Å². The second-order valence-corrected chi connectivity index (χ2v) is 15.0. The summed E-state index contributed by atoms with van der Waals surface area (Å²) in [6.07, 6.45) is 45.1. The number of unbranched alkanes of at least 4 members (excludes halogenated alkanes) is 28. The Morgan fingerprint density at radius 1 is 0.420 bits per heavy atom. The smallest absolute Gasteiger partial charge is 0.306 e. The summed E-state index contributed by atoms with van der Waals surface area (Å²) in [6.45, 7) is 7.79. The van der Waals surface area contributed by atoms with Gasteiger partial charge in [0.2, 0.25) is 0 Å². The van der Waals surface area contributed by atoms with Crippen LogP contribution < -0.4 is 0 Å². The minimum atomic E-state index is -0.524. The van der Waals surface area contributed by atoms with Gasteiger partial charge < -0.3 is 14.2 Å². The van der Waals surface area contributed by atoms with E-state index in [1.54, 1.807) is 0 Å². The molecule has 0 saturated heterocycles. The number of rotatable bonds is 41. The van der Waals surface area contributed by atoms with Crippen LogP contribution in [0.25, 0.3) is 0 Å². The second-order valence-electron chi connectivity index (χ2n) is 15.0. The maximum Gasteiger partial charge on any atom is 0.306 e. The van der Waals surface area contributed by atoms with E-state index in [0.717, 1.165) is 38.5 Å². The van der Waals surface area contributed by atoms with Gasteiger partial charge in [-0.05, 0) is 44.9 Å². The summed E-state index contributed by atoms with van der Waals surface area (Å²) >= 11 is 0. The molecule has 0 aliphatic carbocycles. The van der Waals surface area contributed by atoms with Crippen molar-refractivity contribution in [2.45, 2.75) is 245 Å². The first kappa shape index (κ1) is 48.6. The van der Waals surface area contributed by atoms with E-state index in [-0.39, 0.29) is 18.5 Å². The van der Waals surface area contributed by atoms with Crippen LogP contribution in [0, 0.1) is 0 Å². The highest BCUT2D eigenvalue weighted by Crippen LogP contribution is 2.14. The lowest BCUT2D eigenvalue weighted by Crippen LogP contribution is -2.30. The summed E-state index contributed by atoms with van der Waals surface area (Å²) in [6, 6.07) is 0. The zero-order chi connectivity index (χ0) is 36.4. The molecule has 0 aromatic heterocycles. The molecule has 0 aliphatic heterocycles. The van der Waals surface area contributed by atoms with E-state index in [4.69, 9.17) is 14.2 Å². The Balaban J connectivity index is 4.07. The van der Waals surface area contributed by atoms with E-state index < -0.39 is 6.10 Å². The van der Waals surface area contributed by atoms with Crippen LogP contribution in [0.4, 0.5) is 0 Å². The van der Waals surface area contributed by atoms with Gasteiger partial charge in [0.1, 0.15) is 6.61 Å². The van der Waals surface area contributed by atoms with Gasteiger partial charge in [0, 0.05) is 19.4 Å². The summed E-state index contributed by atoms with van der Waals surface area (Å²) in [7, 11) is 0. The maximum atomic E-state index is 12.6.